The lowest BCUT2D eigenvalue weighted by molar-refractivity contribution is -0.237. The van der Waals surface area contributed by atoms with E-state index < -0.39 is 53.7 Å². The molecule has 1 N–H and O–H groups in total. The van der Waals surface area contributed by atoms with Crippen LogP contribution < -0.4 is 5.56 Å². The van der Waals surface area contributed by atoms with E-state index in [-0.39, 0.29) is 17.3 Å². The molecule has 1 aliphatic rings. The highest BCUT2D eigenvalue weighted by atomic mass is 32.2. The number of aromatic nitrogens is 2. The maximum Gasteiger partial charge on any atom is 0.303 e. The van der Waals surface area contributed by atoms with Gasteiger partial charge in [-0.3, -0.25) is 24.0 Å². The minimum Gasteiger partial charge on any atom is -0.463 e. The predicted molar refractivity (Wildman–Crippen MR) is 181 cm³/mol. The standard InChI is InChI=1S/C35H54N2O10S/c1-6-7-8-9-10-11-12-13-14-15-16-17-18-19-20-21-28-22-30(42)37-35(36-28)48-34-33(46-27(5)41)32(45-26(4)40)31(44-25(3)39)29(47-34)23-43-24(2)38/h13-14,22,29,31-34H,6-12,15-21,23H2,1-5H3,(H,36,37,42)/t29-,31+,32+,33-,34+/m1/s1. The minimum atomic E-state index is -1.30. The number of nitrogens with zero attached hydrogens (tertiary/aromatic N) is 1. The van der Waals surface area contributed by atoms with Crippen molar-refractivity contribution >= 4 is 35.6 Å². The number of aromatic amines is 1. The molecular formula is C35H54N2O10S. The first kappa shape index (κ1) is 41.0. The highest BCUT2D eigenvalue weighted by Crippen LogP contribution is 2.36. The van der Waals surface area contributed by atoms with Crippen LogP contribution in [0.3, 0.4) is 0 Å². The lowest BCUT2D eigenvalue weighted by Crippen LogP contribution is -2.61. The van der Waals surface area contributed by atoms with E-state index in [4.69, 9.17) is 23.7 Å². The molecule has 0 saturated carbocycles. The zero-order valence-corrected chi connectivity index (χ0v) is 30.0. The van der Waals surface area contributed by atoms with Crippen molar-refractivity contribution in [1.82, 2.24) is 9.97 Å². The smallest absolute Gasteiger partial charge is 0.303 e. The Balaban J connectivity index is 1.99. The van der Waals surface area contributed by atoms with Gasteiger partial charge in [-0.15, -0.1) is 0 Å². The van der Waals surface area contributed by atoms with Crippen LogP contribution >= 0.6 is 11.8 Å². The molecule has 1 saturated heterocycles. The summed E-state index contributed by atoms with van der Waals surface area (Å²) in [5, 5.41) is 0.200. The SMILES string of the molecule is CCCCCCCCC=CCCCCCCCc1cc(=O)[nH]c(S[C@@H]2O[C@H](COC(C)=O)[C@H](OC(C)=O)[C@H](OC(C)=O)[C@H]2OC(C)=O)n1. The number of carbonyl (C=O) groups excluding carboxylic acids is 4. The molecule has 0 bridgehead atoms. The molecule has 0 aliphatic carbocycles. The third-order valence-corrected chi connectivity index (χ3v) is 8.67. The molecule has 2 rings (SSSR count). The monoisotopic (exact) mass is 694 g/mol. The third-order valence-electron chi connectivity index (χ3n) is 7.64. The second-order valence-corrected chi connectivity index (χ2v) is 13.1. The Hall–Kier alpha value is -3.19. The van der Waals surface area contributed by atoms with Crippen LogP contribution in [-0.2, 0) is 49.3 Å². The van der Waals surface area contributed by atoms with Crippen molar-refractivity contribution in [3.05, 3.63) is 34.3 Å². The molecule has 2 heterocycles. The molecule has 48 heavy (non-hydrogen) atoms. The number of aryl methyl sites for hydroxylation is 1. The van der Waals surface area contributed by atoms with Gasteiger partial charge in [0.1, 0.15) is 12.7 Å². The second kappa shape index (κ2) is 23.2. The quantitative estimate of drug-likeness (QED) is 0.0487. The Labute approximate surface area is 288 Å². The van der Waals surface area contributed by atoms with E-state index in [2.05, 4.69) is 29.0 Å². The second-order valence-electron chi connectivity index (χ2n) is 12.1. The van der Waals surface area contributed by atoms with Crippen LogP contribution in [0.1, 0.15) is 124 Å². The lowest BCUT2D eigenvalue weighted by atomic mass is 9.99. The van der Waals surface area contributed by atoms with E-state index in [0.717, 1.165) is 64.1 Å². The van der Waals surface area contributed by atoms with Crippen LogP contribution in [0, 0.1) is 0 Å². The first-order chi connectivity index (χ1) is 23.0. The van der Waals surface area contributed by atoms with Crippen molar-refractivity contribution in [2.45, 2.75) is 160 Å². The van der Waals surface area contributed by atoms with Crippen molar-refractivity contribution in [2.24, 2.45) is 0 Å². The average Bonchev–Trinajstić information content (AvgIpc) is 3.00. The Kier molecular flexibility index (Phi) is 19.8. The number of hydrogen-bond donors (Lipinski definition) is 1. The summed E-state index contributed by atoms with van der Waals surface area (Å²) in [6.45, 7) is 6.60. The van der Waals surface area contributed by atoms with Crippen LogP contribution in [0.4, 0.5) is 0 Å². The van der Waals surface area contributed by atoms with Crippen LogP contribution in [0.5, 0.6) is 0 Å². The van der Waals surface area contributed by atoms with Gasteiger partial charge in [0, 0.05) is 39.5 Å². The van der Waals surface area contributed by atoms with Crippen molar-refractivity contribution in [3.8, 4) is 0 Å². The number of nitrogens with one attached hydrogen (secondary N) is 1. The van der Waals surface area contributed by atoms with Crippen LogP contribution in [0.2, 0.25) is 0 Å². The maximum absolute atomic E-state index is 12.6. The van der Waals surface area contributed by atoms with Crippen LogP contribution in [0.25, 0.3) is 0 Å². The number of hydrogen-bond acceptors (Lipinski definition) is 12. The van der Waals surface area contributed by atoms with Gasteiger partial charge >= 0.3 is 23.9 Å². The molecule has 12 nitrogen and oxygen atoms in total. The van der Waals surface area contributed by atoms with Gasteiger partial charge < -0.3 is 28.7 Å². The molecule has 0 amide bonds. The van der Waals surface area contributed by atoms with Gasteiger partial charge in [0.15, 0.2) is 28.9 Å². The van der Waals surface area contributed by atoms with E-state index in [1.165, 1.54) is 64.9 Å². The van der Waals surface area contributed by atoms with Gasteiger partial charge in [-0.1, -0.05) is 82.2 Å². The highest BCUT2D eigenvalue weighted by molar-refractivity contribution is 7.99. The van der Waals surface area contributed by atoms with Gasteiger partial charge in [-0.05, 0) is 38.5 Å². The van der Waals surface area contributed by atoms with E-state index in [1.54, 1.807) is 0 Å². The summed E-state index contributed by atoms with van der Waals surface area (Å²) >= 11 is 0.952. The molecule has 0 spiro atoms. The van der Waals surface area contributed by atoms with Crippen molar-refractivity contribution < 1.29 is 42.9 Å². The molecule has 1 aromatic heterocycles. The number of esters is 4. The molecule has 0 unspecified atom stereocenters. The Bertz CT molecular complexity index is 1240. The Morgan fingerprint density at radius 3 is 1.90 bits per heavy atom. The summed E-state index contributed by atoms with van der Waals surface area (Å²) in [6, 6.07) is 1.45. The number of allylic oxidation sites excluding steroid dienone is 2. The van der Waals surface area contributed by atoms with Crippen LogP contribution in [0.15, 0.2) is 28.2 Å². The molecule has 0 radical (unpaired) electrons. The number of thioether (sulfide) groups is 1. The largest absolute Gasteiger partial charge is 0.463 e. The van der Waals surface area contributed by atoms with Gasteiger partial charge in [0.05, 0.1) is 0 Å². The fraction of sp³-hybridized carbons (Fsp3) is 0.714. The first-order valence-corrected chi connectivity index (χ1v) is 18.1. The van der Waals surface area contributed by atoms with Gasteiger partial charge in [0.2, 0.25) is 0 Å². The fourth-order valence-electron chi connectivity index (χ4n) is 5.44. The summed E-state index contributed by atoms with van der Waals surface area (Å²) in [4.78, 5) is 67.6. The summed E-state index contributed by atoms with van der Waals surface area (Å²) in [7, 11) is 0. The van der Waals surface area contributed by atoms with Crippen molar-refractivity contribution in [3.63, 3.8) is 0 Å². The summed E-state index contributed by atoms with van der Waals surface area (Å²) < 4.78 is 27.7. The fourth-order valence-corrected chi connectivity index (χ4v) is 6.53. The Morgan fingerprint density at radius 1 is 0.771 bits per heavy atom. The topological polar surface area (TPSA) is 160 Å². The number of unbranched alkanes of at least 4 members (excludes halogenated alkanes) is 11. The van der Waals surface area contributed by atoms with E-state index in [0.29, 0.717) is 12.1 Å². The zero-order chi connectivity index (χ0) is 35.3. The molecular weight excluding hydrogens is 640 g/mol. The number of rotatable bonds is 22. The van der Waals surface area contributed by atoms with E-state index in [1.807, 2.05) is 0 Å². The van der Waals surface area contributed by atoms with Crippen LogP contribution in [-0.4, -0.2) is 70.3 Å². The summed E-state index contributed by atoms with van der Waals surface area (Å²) in [6.07, 6.45) is 15.8. The molecule has 1 aliphatic heterocycles. The predicted octanol–water partition coefficient (Wildman–Crippen LogP) is 6.14. The minimum absolute atomic E-state index is 0.200. The van der Waals surface area contributed by atoms with Crippen molar-refractivity contribution in [2.75, 3.05) is 6.61 Å². The molecule has 13 heteroatoms. The van der Waals surface area contributed by atoms with Gasteiger partial charge in [-0.25, -0.2) is 4.98 Å². The van der Waals surface area contributed by atoms with Gasteiger partial charge in [0.25, 0.3) is 5.56 Å². The van der Waals surface area contributed by atoms with Gasteiger partial charge in [-0.2, -0.15) is 0 Å². The zero-order valence-electron chi connectivity index (χ0n) is 29.2. The molecule has 270 valence electrons. The van der Waals surface area contributed by atoms with E-state index >= 15 is 0 Å². The normalized spacial score (nSPS) is 20.7. The summed E-state index contributed by atoms with van der Waals surface area (Å²) in [5.74, 6) is -2.74. The lowest BCUT2D eigenvalue weighted by Gasteiger charge is -2.43. The number of H-pyrrole nitrogens is 1. The third kappa shape index (κ3) is 16.8. The van der Waals surface area contributed by atoms with E-state index in [9.17, 15) is 24.0 Å². The highest BCUT2D eigenvalue weighted by Gasteiger charge is 2.52. The Morgan fingerprint density at radius 2 is 1.31 bits per heavy atom. The number of ether oxygens (including phenoxy) is 5. The number of carbonyl (C=O) groups is 4. The molecule has 1 aromatic rings. The molecule has 1 fully saturated rings. The molecule has 5 atom stereocenters. The summed E-state index contributed by atoms with van der Waals surface area (Å²) in [5.41, 5.74) is -0.839. The first-order valence-electron chi connectivity index (χ1n) is 17.2. The van der Waals surface area contributed by atoms with Crippen molar-refractivity contribution in [1.29, 1.82) is 0 Å². The molecule has 0 aromatic carbocycles. The maximum atomic E-state index is 12.6. The average molecular weight is 695 g/mol.